The predicted molar refractivity (Wildman–Crippen MR) is 62.4 cm³/mol. The van der Waals surface area contributed by atoms with E-state index < -0.39 is 11.7 Å². The molecule has 0 saturated heterocycles. The van der Waals surface area contributed by atoms with Crippen molar-refractivity contribution in [2.45, 2.75) is 44.4 Å². The number of benzene rings is 1. The average Bonchev–Trinajstić information content (AvgIpc) is 2.28. The summed E-state index contributed by atoms with van der Waals surface area (Å²) in [6.45, 7) is 0.685. The largest absolute Gasteiger partial charge is 0.302 e. The highest BCUT2D eigenvalue weighted by molar-refractivity contribution is 5.85. The molecule has 92 valence electrons. The van der Waals surface area contributed by atoms with Gasteiger partial charge in [0.05, 0.1) is 0 Å². The molecule has 0 spiro atoms. The van der Waals surface area contributed by atoms with Crippen molar-refractivity contribution in [3.63, 3.8) is 0 Å². The lowest BCUT2D eigenvalue weighted by atomic mass is 9.80. The lowest BCUT2D eigenvalue weighted by Gasteiger charge is -2.25. The van der Waals surface area contributed by atoms with E-state index in [1.54, 1.807) is 0 Å². The Balaban J connectivity index is 2.17. The Bertz CT molecular complexity index is 420. The normalized spacial score (nSPS) is 19.8. The molecule has 0 heterocycles. The van der Waals surface area contributed by atoms with Crippen LogP contribution >= 0.6 is 0 Å². The van der Waals surface area contributed by atoms with E-state index in [9.17, 15) is 13.6 Å². The molecule has 2 rings (SSSR count). The van der Waals surface area contributed by atoms with Gasteiger partial charge in [-0.3, -0.25) is 4.79 Å². The van der Waals surface area contributed by atoms with Gasteiger partial charge in [-0.25, -0.2) is 0 Å². The molecule has 0 aromatic heterocycles. The van der Waals surface area contributed by atoms with Gasteiger partial charge in [-0.15, -0.1) is 0 Å². The summed E-state index contributed by atoms with van der Waals surface area (Å²) in [6.07, 6.45) is 2.76. The molecule has 0 bridgehead atoms. The molecule has 3 heteroatoms. The molecule has 1 aliphatic rings. The molecule has 1 unspecified atom stereocenters. The number of hydrogen-bond acceptors (Lipinski definition) is 1. The van der Waals surface area contributed by atoms with Crippen LogP contribution in [0.15, 0.2) is 24.3 Å². The van der Waals surface area contributed by atoms with Gasteiger partial charge < -0.3 is 0 Å². The van der Waals surface area contributed by atoms with Gasteiger partial charge in [-0.05, 0) is 36.3 Å². The zero-order chi connectivity index (χ0) is 12.5. The standard InChI is InChI=1S/C14H16F2O/c1-14(15,16)13(17)9-11-7-4-6-10-5-2-3-8-12(10)11/h2-3,5,8,11H,4,6-7,9H2,1H3. The Morgan fingerprint density at radius 3 is 2.82 bits per heavy atom. The predicted octanol–water partition coefficient (Wildman–Crippen LogP) is 3.72. The zero-order valence-corrected chi connectivity index (χ0v) is 9.88. The summed E-state index contributed by atoms with van der Waals surface area (Å²) in [5.74, 6) is -4.18. The number of fused-ring (bicyclic) bond motifs is 1. The van der Waals surface area contributed by atoms with E-state index in [4.69, 9.17) is 0 Å². The molecule has 0 amide bonds. The highest BCUT2D eigenvalue weighted by Crippen LogP contribution is 2.35. The molecule has 1 aromatic rings. The average molecular weight is 238 g/mol. The lowest BCUT2D eigenvalue weighted by molar-refractivity contribution is -0.141. The Morgan fingerprint density at radius 2 is 2.12 bits per heavy atom. The van der Waals surface area contributed by atoms with Gasteiger partial charge in [-0.2, -0.15) is 8.78 Å². The van der Waals surface area contributed by atoms with Gasteiger partial charge in [0.2, 0.25) is 5.78 Å². The summed E-state index contributed by atoms with van der Waals surface area (Å²) in [5.41, 5.74) is 2.28. The number of alkyl halides is 2. The fraction of sp³-hybridized carbons (Fsp3) is 0.500. The molecular formula is C14H16F2O. The minimum Gasteiger partial charge on any atom is -0.293 e. The molecule has 0 aliphatic heterocycles. The highest BCUT2D eigenvalue weighted by Gasteiger charge is 2.34. The van der Waals surface area contributed by atoms with Crippen molar-refractivity contribution in [1.82, 2.24) is 0 Å². The fourth-order valence-electron chi connectivity index (χ4n) is 2.47. The molecule has 1 nitrogen and oxygen atoms in total. The molecule has 1 atom stereocenters. The topological polar surface area (TPSA) is 17.1 Å². The molecule has 0 radical (unpaired) electrons. The Hall–Kier alpha value is -1.25. The second kappa shape index (κ2) is 4.55. The monoisotopic (exact) mass is 238 g/mol. The van der Waals surface area contributed by atoms with Crippen LogP contribution in [0.5, 0.6) is 0 Å². The molecule has 17 heavy (non-hydrogen) atoms. The number of carbonyl (C=O) groups is 1. The second-order valence-corrected chi connectivity index (χ2v) is 4.80. The first-order valence-electron chi connectivity index (χ1n) is 5.97. The molecule has 0 saturated carbocycles. The third-order valence-corrected chi connectivity index (χ3v) is 3.42. The maximum atomic E-state index is 12.9. The van der Waals surface area contributed by atoms with Crippen LogP contribution in [0.4, 0.5) is 8.78 Å². The van der Waals surface area contributed by atoms with Crippen molar-refractivity contribution in [3.05, 3.63) is 35.4 Å². The maximum Gasteiger partial charge on any atom is 0.302 e. The summed E-state index contributed by atoms with van der Waals surface area (Å²) in [5, 5.41) is 0. The van der Waals surface area contributed by atoms with Crippen molar-refractivity contribution in [2.24, 2.45) is 0 Å². The molecule has 1 aromatic carbocycles. The van der Waals surface area contributed by atoms with Crippen LogP contribution in [0.25, 0.3) is 0 Å². The number of rotatable bonds is 3. The summed E-state index contributed by atoms with van der Waals surface area (Å²) in [6, 6.07) is 7.85. The van der Waals surface area contributed by atoms with E-state index in [1.807, 2.05) is 24.3 Å². The first-order chi connectivity index (χ1) is 7.98. The summed E-state index contributed by atoms with van der Waals surface area (Å²) in [4.78, 5) is 11.4. The van der Waals surface area contributed by atoms with Crippen molar-refractivity contribution >= 4 is 5.78 Å². The summed E-state index contributed by atoms with van der Waals surface area (Å²) >= 11 is 0. The first-order valence-corrected chi connectivity index (χ1v) is 5.97. The number of carbonyl (C=O) groups excluding carboxylic acids is 1. The van der Waals surface area contributed by atoms with E-state index in [0.29, 0.717) is 6.92 Å². The summed E-state index contributed by atoms with van der Waals surface area (Å²) in [7, 11) is 0. The van der Waals surface area contributed by atoms with Crippen molar-refractivity contribution in [1.29, 1.82) is 0 Å². The minimum absolute atomic E-state index is 0.0294. The highest BCUT2D eigenvalue weighted by atomic mass is 19.3. The SMILES string of the molecule is CC(F)(F)C(=O)CC1CCCc2ccccc21. The number of Topliss-reactive ketones (excluding diaryl/α,β-unsaturated/α-hetero) is 1. The van der Waals surface area contributed by atoms with Crippen LogP contribution in [0.1, 0.15) is 43.2 Å². The van der Waals surface area contributed by atoms with Crippen LogP contribution in [0, 0.1) is 0 Å². The number of hydrogen-bond donors (Lipinski definition) is 0. The number of ketones is 1. The van der Waals surface area contributed by atoms with E-state index in [0.717, 1.165) is 24.8 Å². The van der Waals surface area contributed by atoms with Gasteiger partial charge in [0, 0.05) is 13.3 Å². The lowest BCUT2D eigenvalue weighted by Crippen LogP contribution is -2.27. The third kappa shape index (κ3) is 2.71. The summed E-state index contributed by atoms with van der Waals surface area (Å²) < 4.78 is 25.8. The minimum atomic E-state index is -3.20. The van der Waals surface area contributed by atoms with Crippen LogP contribution in [-0.2, 0) is 11.2 Å². The van der Waals surface area contributed by atoms with Crippen molar-refractivity contribution in [3.8, 4) is 0 Å². The quantitative estimate of drug-likeness (QED) is 0.784. The van der Waals surface area contributed by atoms with E-state index in [-0.39, 0.29) is 12.3 Å². The zero-order valence-electron chi connectivity index (χ0n) is 9.88. The third-order valence-electron chi connectivity index (χ3n) is 3.42. The van der Waals surface area contributed by atoms with Crippen LogP contribution in [0.3, 0.4) is 0 Å². The van der Waals surface area contributed by atoms with Gasteiger partial charge in [0.25, 0.3) is 0 Å². The molecule has 0 N–H and O–H groups in total. The molecular weight excluding hydrogens is 222 g/mol. The number of aryl methyl sites for hydroxylation is 1. The van der Waals surface area contributed by atoms with Crippen LogP contribution < -0.4 is 0 Å². The van der Waals surface area contributed by atoms with E-state index >= 15 is 0 Å². The van der Waals surface area contributed by atoms with Crippen molar-refractivity contribution < 1.29 is 13.6 Å². The Labute approximate surface area is 99.8 Å². The number of halogens is 2. The maximum absolute atomic E-state index is 12.9. The molecule has 1 aliphatic carbocycles. The Kier molecular flexibility index (Phi) is 3.27. The van der Waals surface area contributed by atoms with Crippen molar-refractivity contribution in [2.75, 3.05) is 0 Å². The molecule has 0 fully saturated rings. The van der Waals surface area contributed by atoms with Gasteiger partial charge >= 0.3 is 5.92 Å². The second-order valence-electron chi connectivity index (χ2n) is 4.80. The van der Waals surface area contributed by atoms with Crippen LogP contribution in [0.2, 0.25) is 0 Å². The van der Waals surface area contributed by atoms with E-state index in [1.165, 1.54) is 5.56 Å². The van der Waals surface area contributed by atoms with Gasteiger partial charge in [-0.1, -0.05) is 24.3 Å². The smallest absolute Gasteiger partial charge is 0.293 e. The van der Waals surface area contributed by atoms with E-state index in [2.05, 4.69) is 0 Å². The van der Waals surface area contributed by atoms with Gasteiger partial charge in [0.1, 0.15) is 0 Å². The Morgan fingerprint density at radius 1 is 1.41 bits per heavy atom. The first kappa shape index (κ1) is 12.2. The van der Waals surface area contributed by atoms with Gasteiger partial charge in [0.15, 0.2) is 0 Å². The van der Waals surface area contributed by atoms with Crippen LogP contribution in [-0.4, -0.2) is 11.7 Å². The fourth-order valence-corrected chi connectivity index (χ4v) is 2.47.